The van der Waals surface area contributed by atoms with Crippen molar-refractivity contribution in [2.75, 3.05) is 11.9 Å². The molecule has 5 heteroatoms. The standard InChI is InChI=1S/C13H19N5/c1-10-11(8-14)4-5-12(16-10)18(3)9-13-15-6-7-17(13)2/h4-7H,8-9,14H2,1-3H3. The molecule has 18 heavy (non-hydrogen) atoms. The van der Waals surface area contributed by atoms with Gasteiger partial charge in [-0.05, 0) is 18.6 Å². The summed E-state index contributed by atoms with van der Waals surface area (Å²) >= 11 is 0. The second-order valence-electron chi connectivity index (χ2n) is 4.43. The second kappa shape index (κ2) is 5.18. The Morgan fingerprint density at radius 2 is 2.17 bits per heavy atom. The molecule has 0 radical (unpaired) electrons. The van der Waals surface area contributed by atoms with Gasteiger partial charge < -0.3 is 15.2 Å². The quantitative estimate of drug-likeness (QED) is 0.880. The van der Waals surface area contributed by atoms with Crippen LogP contribution < -0.4 is 10.6 Å². The van der Waals surface area contributed by atoms with E-state index in [1.165, 1.54) is 0 Å². The number of imidazole rings is 1. The zero-order valence-electron chi connectivity index (χ0n) is 11.1. The van der Waals surface area contributed by atoms with E-state index in [9.17, 15) is 0 Å². The molecule has 0 aliphatic heterocycles. The Morgan fingerprint density at radius 1 is 1.39 bits per heavy atom. The Hall–Kier alpha value is -1.88. The first-order valence-corrected chi connectivity index (χ1v) is 5.95. The first kappa shape index (κ1) is 12.6. The van der Waals surface area contributed by atoms with Crippen molar-refractivity contribution in [3.8, 4) is 0 Å². The van der Waals surface area contributed by atoms with Crippen molar-refractivity contribution < 1.29 is 0 Å². The van der Waals surface area contributed by atoms with Crippen molar-refractivity contribution in [3.05, 3.63) is 41.6 Å². The van der Waals surface area contributed by atoms with Crippen molar-refractivity contribution >= 4 is 5.82 Å². The number of nitrogens with zero attached hydrogens (tertiary/aromatic N) is 4. The molecule has 0 aromatic carbocycles. The van der Waals surface area contributed by atoms with Crippen molar-refractivity contribution in [1.82, 2.24) is 14.5 Å². The molecule has 2 rings (SSSR count). The average Bonchev–Trinajstić information content (AvgIpc) is 2.75. The van der Waals surface area contributed by atoms with E-state index < -0.39 is 0 Å². The summed E-state index contributed by atoms with van der Waals surface area (Å²) in [4.78, 5) is 11.0. The van der Waals surface area contributed by atoms with E-state index in [-0.39, 0.29) is 0 Å². The molecule has 0 unspecified atom stereocenters. The van der Waals surface area contributed by atoms with Crippen molar-refractivity contribution in [2.45, 2.75) is 20.0 Å². The number of aryl methyl sites for hydroxylation is 2. The zero-order valence-corrected chi connectivity index (χ0v) is 11.1. The lowest BCUT2D eigenvalue weighted by Crippen LogP contribution is -2.20. The molecule has 0 aliphatic rings. The molecule has 96 valence electrons. The van der Waals surface area contributed by atoms with Crippen LogP contribution >= 0.6 is 0 Å². The Kier molecular flexibility index (Phi) is 3.62. The highest BCUT2D eigenvalue weighted by Gasteiger charge is 2.08. The molecule has 0 fully saturated rings. The van der Waals surface area contributed by atoms with Crippen LogP contribution in [0.5, 0.6) is 0 Å². The van der Waals surface area contributed by atoms with Gasteiger partial charge in [0.05, 0.1) is 6.54 Å². The number of anilines is 1. The highest BCUT2D eigenvalue weighted by Crippen LogP contribution is 2.15. The third-order valence-corrected chi connectivity index (χ3v) is 3.09. The largest absolute Gasteiger partial charge is 0.352 e. The molecule has 2 aromatic heterocycles. The van der Waals surface area contributed by atoms with Crippen LogP contribution in [-0.2, 0) is 20.1 Å². The maximum atomic E-state index is 5.64. The van der Waals surface area contributed by atoms with E-state index in [1.807, 2.05) is 43.9 Å². The van der Waals surface area contributed by atoms with Crippen LogP contribution in [0, 0.1) is 6.92 Å². The lowest BCUT2D eigenvalue weighted by Gasteiger charge is -2.19. The normalized spacial score (nSPS) is 10.7. The Bertz CT molecular complexity index is 532. The lowest BCUT2D eigenvalue weighted by atomic mass is 10.2. The molecule has 2 aromatic rings. The molecule has 2 heterocycles. The molecule has 5 nitrogen and oxygen atoms in total. The van der Waals surface area contributed by atoms with Gasteiger partial charge in [-0.15, -0.1) is 0 Å². The summed E-state index contributed by atoms with van der Waals surface area (Å²) in [5, 5.41) is 0. The van der Waals surface area contributed by atoms with Crippen LogP contribution in [0.2, 0.25) is 0 Å². The van der Waals surface area contributed by atoms with Crippen LogP contribution in [0.4, 0.5) is 5.82 Å². The third-order valence-electron chi connectivity index (χ3n) is 3.09. The van der Waals surface area contributed by atoms with Gasteiger partial charge in [0.25, 0.3) is 0 Å². The van der Waals surface area contributed by atoms with Gasteiger partial charge in [0.2, 0.25) is 0 Å². The third kappa shape index (κ3) is 2.51. The zero-order chi connectivity index (χ0) is 13.1. The van der Waals surface area contributed by atoms with Gasteiger partial charge in [0.15, 0.2) is 0 Å². The first-order valence-electron chi connectivity index (χ1n) is 5.95. The average molecular weight is 245 g/mol. The highest BCUT2D eigenvalue weighted by molar-refractivity contribution is 5.41. The van der Waals surface area contributed by atoms with E-state index in [0.29, 0.717) is 6.54 Å². The van der Waals surface area contributed by atoms with Crippen molar-refractivity contribution in [3.63, 3.8) is 0 Å². The van der Waals surface area contributed by atoms with Crippen LogP contribution in [0.15, 0.2) is 24.5 Å². The van der Waals surface area contributed by atoms with E-state index in [0.717, 1.165) is 29.4 Å². The van der Waals surface area contributed by atoms with Gasteiger partial charge >= 0.3 is 0 Å². The van der Waals surface area contributed by atoms with Gasteiger partial charge in [-0.3, -0.25) is 0 Å². The van der Waals surface area contributed by atoms with Gasteiger partial charge in [0.1, 0.15) is 11.6 Å². The first-order chi connectivity index (χ1) is 8.61. The molecule has 0 amide bonds. The lowest BCUT2D eigenvalue weighted by molar-refractivity contribution is 0.753. The summed E-state index contributed by atoms with van der Waals surface area (Å²) in [6.45, 7) is 3.25. The molecular weight excluding hydrogens is 226 g/mol. The monoisotopic (exact) mass is 245 g/mol. The Morgan fingerprint density at radius 3 is 2.72 bits per heavy atom. The molecule has 0 atom stereocenters. The maximum Gasteiger partial charge on any atom is 0.128 e. The smallest absolute Gasteiger partial charge is 0.128 e. The molecule has 0 spiro atoms. The van der Waals surface area contributed by atoms with Crippen molar-refractivity contribution in [2.24, 2.45) is 12.8 Å². The summed E-state index contributed by atoms with van der Waals surface area (Å²) in [6, 6.07) is 4.03. The topological polar surface area (TPSA) is 60.0 Å². The predicted octanol–water partition coefficient (Wildman–Crippen LogP) is 1.22. The van der Waals surface area contributed by atoms with E-state index in [4.69, 9.17) is 5.73 Å². The van der Waals surface area contributed by atoms with Crippen LogP contribution in [0.1, 0.15) is 17.1 Å². The summed E-state index contributed by atoms with van der Waals surface area (Å²) in [5.74, 6) is 1.95. The van der Waals surface area contributed by atoms with Gasteiger partial charge in [-0.25, -0.2) is 9.97 Å². The second-order valence-corrected chi connectivity index (χ2v) is 4.43. The molecule has 0 saturated carbocycles. The summed E-state index contributed by atoms with van der Waals surface area (Å²) in [5.41, 5.74) is 7.71. The minimum atomic E-state index is 0.530. The summed E-state index contributed by atoms with van der Waals surface area (Å²) in [6.07, 6.45) is 3.75. The maximum absolute atomic E-state index is 5.64. The fourth-order valence-electron chi connectivity index (χ4n) is 1.85. The number of hydrogen-bond acceptors (Lipinski definition) is 4. The minimum absolute atomic E-state index is 0.530. The van der Waals surface area contributed by atoms with Crippen LogP contribution in [0.3, 0.4) is 0 Å². The highest BCUT2D eigenvalue weighted by atomic mass is 15.2. The fourth-order valence-corrected chi connectivity index (χ4v) is 1.85. The minimum Gasteiger partial charge on any atom is -0.352 e. The fraction of sp³-hybridized carbons (Fsp3) is 0.385. The Labute approximate surface area is 107 Å². The van der Waals surface area contributed by atoms with Crippen LogP contribution in [-0.4, -0.2) is 21.6 Å². The van der Waals surface area contributed by atoms with Crippen molar-refractivity contribution in [1.29, 1.82) is 0 Å². The summed E-state index contributed by atoms with van der Waals surface area (Å²) in [7, 11) is 4.00. The molecule has 2 N–H and O–H groups in total. The van der Waals surface area contributed by atoms with E-state index >= 15 is 0 Å². The molecule has 0 aliphatic carbocycles. The van der Waals surface area contributed by atoms with Crippen LogP contribution in [0.25, 0.3) is 0 Å². The number of aromatic nitrogens is 3. The van der Waals surface area contributed by atoms with E-state index in [2.05, 4.69) is 14.9 Å². The molecular formula is C13H19N5. The predicted molar refractivity (Wildman–Crippen MR) is 72.2 cm³/mol. The number of nitrogens with two attached hydrogens (primary N) is 1. The molecule has 0 saturated heterocycles. The molecule has 0 bridgehead atoms. The van der Waals surface area contributed by atoms with E-state index in [1.54, 1.807) is 6.20 Å². The number of rotatable bonds is 4. The number of pyridine rings is 1. The Balaban J connectivity index is 2.16. The van der Waals surface area contributed by atoms with Gasteiger partial charge in [-0.1, -0.05) is 6.07 Å². The van der Waals surface area contributed by atoms with Gasteiger partial charge in [-0.2, -0.15) is 0 Å². The summed E-state index contributed by atoms with van der Waals surface area (Å²) < 4.78 is 2.01. The van der Waals surface area contributed by atoms with Gasteiger partial charge in [0, 0.05) is 38.7 Å². The SMILES string of the molecule is Cc1nc(N(C)Cc2nccn2C)ccc1CN. The number of hydrogen-bond donors (Lipinski definition) is 1.